The number of hydrogen-bond acceptors (Lipinski definition) is 6. The molecule has 0 bridgehead atoms. The van der Waals surface area contributed by atoms with Crippen molar-refractivity contribution in [2.75, 3.05) is 17.5 Å². The van der Waals surface area contributed by atoms with Gasteiger partial charge >= 0.3 is 0 Å². The zero-order chi connectivity index (χ0) is 21.1. The van der Waals surface area contributed by atoms with E-state index in [-0.39, 0.29) is 0 Å². The van der Waals surface area contributed by atoms with Crippen LogP contribution in [0.4, 0.5) is 5.69 Å². The Labute approximate surface area is 174 Å². The Kier molecular flexibility index (Phi) is 5.56. The maximum absolute atomic E-state index is 11.3. The summed E-state index contributed by atoms with van der Waals surface area (Å²) < 4.78 is 30.4. The molecule has 9 heteroatoms. The largest absolute Gasteiger partial charge is 0.361 e. The second-order valence-corrected chi connectivity index (χ2v) is 9.01. The Morgan fingerprint density at radius 2 is 1.87 bits per heavy atom. The standard InChI is InChI=1S/C21H23N5O3S/c1-30(27,28)26-17-5-2-14(3-6-17)11-20-24-21(29-25-20)12-15-4-7-19-18(10-15)16(8-9-22)13-23-19/h2-7,10,13,23,26H,8-9,11-12,22H2,1H3. The van der Waals surface area contributed by atoms with E-state index in [2.05, 4.69) is 25.9 Å². The average Bonchev–Trinajstić information content (AvgIpc) is 3.30. The summed E-state index contributed by atoms with van der Waals surface area (Å²) in [6, 6.07) is 13.3. The molecule has 0 aliphatic heterocycles. The minimum atomic E-state index is -3.29. The van der Waals surface area contributed by atoms with Crippen LogP contribution in [0.2, 0.25) is 0 Å². The summed E-state index contributed by atoms with van der Waals surface area (Å²) in [6.07, 6.45) is 5.00. The number of anilines is 1. The van der Waals surface area contributed by atoms with Gasteiger partial charge in [0.05, 0.1) is 12.7 Å². The minimum absolute atomic E-state index is 0.500. The van der Waals surface area contributed by atoms with Crippen LogP contribution in [0.3, 0.4) is 0 Å². The molecular weight excluding hydrogens is 402 g/mol. The molecule has 4 N–H and O–H groups in total. The molecule has 0 aliphatic carbocycles. The third kappa shape index (κ3) is 4.87. The Balaban J connectivity index is 1.44. The topological polar surface area (TPSA) is 127 Å². The molecule has 0 saturated carbocycles. The van der Waals surface area contributed by atoms with Crippen molar-refractivity contribution in [3.63, 3.8) is 0 Å². The van der Waals surface area contributed by atoms with E-state index < -0.39 is 10.0 Å². The number of sulfonamides is 1. The number of nitrogens with one attached hydrogen (secondary N) is 2. The van der Waals surface area contributed by atoms with Gasteiger partial charge in [-0.3, -0.25) is 4.72 Å². The summed E-state index contributed by atoms with van der Waals surface area (Å²) in [5.41, 5.74) is 10.6. The molecule has 30 heavy (non-hydrogen) atoms. The quantitative estimate of drug-likeness (QED) is 0.398. The first-order valence-corrected chi connectivity index (χ1v) is 11.5. The molecule has 4 rings (SSSR count). The molecular formula is C21H23N5O3S. The van der Waals surface area contributed by atoms with E-state index in [1.807, 2.05) is 30.5 Å². The molecule has 0 saturated heterocycles. The summed E-state index contributed by atoms with van der Waals surface area (Å²) in [7, 11) is -3.29. The van der Waals surface area contributed by atoms with Gasteiger partial charge in [-0.1, -0.05) is 23.4 Å². The maximum atomic E-state index is 11.3. The van der Waals surface area contributed by atoms with Crippen LogP contribution in [0.1, 0.15) is 28.4 Å². The summed E-state index contributed by atoms with van der Waals surface area (Å²) in [4.78, 5) is 7.76. The molecule has 156 valence electrons. The zero-order valence-electron chi connectivity index (χ0n) is 16.6. The number of fused-ring (bicyclic) bond motifs is 1. The summed E-state index contributed by atoms with van der Waals surface area (Å²) in [6.45, 7) is 0.607. The van der Waals surface area contributed by atoms with Gasteiger partial charge in [0.25, 0.3) is 0 Å². The average molecular weight is 426 g/mol. The van der Waals surface area contributed by atoms with E-state index in [1.54, 1.807) is 12.1 Å². The molecule has 0 atom stereocenters. The van der Waals surface area contributed by atoms with Crippen LogP contribution < -0.4 is 10.5 Å². The van der Waals surface area contributed by atoms with E-state index in [0.717, 1.165) is 29.3 Å². The predicted molar refractivity (Wildman–Crippen MR) is 116 cm³/mol. The van der Waals surface area contributed by atoms with Crippen LogP contribution in [0, 0.1) is 0 Å². The normalized spacial score (nSPS) is 11.8. The van der Waals surface area contributed by atoms with Crippen LogP contribution in [0.25, 0.3) is 10.9 Å². The molecule has 8 nitrogen and oxygen atoms in total. The Bertz CT molecular complexity index is 1260. The van der Waals surface area contributed by atoms with Crippen LogP contribution in [-0.2, 0) is 29.3 Å². The molecule has 0 radical (unpaired) electrons. The Hall–Kier alpha value is -3.17. The lowest BCUT2D eigenvalue weighted by molar-refractivity contribution is 0.380. The van der Waals surface area contributed by atoms with E-state index in [1.165, 1.54) is 10.9 Å². The van der Waals surface area contributed by atoms with Crippen LogP contribution in [0.15, 0.2) is 53.2 Å². The lowest BCUT2D eigenvalue weighted by Gasteiger charge is -2.04. The van der Waals surface area contributed by atoms with Crippen molar-refractivity contribution in [2.24, 2.45) is 5.73 Å². The number of aromatic nitrogens is 3. The lowest BCUT2D eigenvalue weighted by Crippen LogP contribution is -2.09. The summed E-state index contributed by atoms with van der Waals surface area (Å²) in [5.74, 6) is 1.14. The summed E-state index contributed by atoms with van der Waals surface area (Å²) >= 11 is 0. The number of nitrogens with zero attached hydrogens (tertiary/aromatic N) is 2. The molecule has 2 heterocycles. The van der Waals surface area contributed by atoms with Gasteiger partial charge in [-0.2, -0.15) is 4.98 Å². The van der Waals surface area contributed by atoms with Gasteiger partial charge in [0.15, 0.2) is 5.82 Å². The predicted octanol–water partition coefficient (Wildman–Crippen LogP) is 2.61. The Morgan fingerprint density at radius 3 is 2.60 bits per heavy atom. The third-order valence-electron chi connectivity index (χ3n) is 4.73. The molecule has 0 amide bonds. The number of H-pyrrole nitrogens is 1. The molecule has 0 fully saturated rings. The van der Waals surface area contributed by atoms with Crippen molar-refractivity contribution in [2.45, 2.75) is 19.3 Å². The van der Waals surface area contributed by atoms with Gasteiger partial charge < -0.3 is 15.2 Å². The van der Waals surface area contributed by atoms with Crippen molar-refractivity contribution in [3.05, 3.63) is 77.1 Å². The van der Waals surface area contributed by atoms with Crippen LogP contribution >= 0.6 is 0 Å². The van der Waals surface area contributed by atoms with Crippen molar-refractivity contribution in [3.8, 4) is 0 Å². The number of rotatable bonds is 8. The van der Waals surface area contributed by atoms with E-state index in [9.17, 15) is 8.42 Å². The summed E-state index contributed by atoms with van der Waals surface area (Å²) in [5, 5.41) is 5.24. The van der Waals surface area contributed by atoms with Gasteiger partial charge in [-0.15, -0.1) is 0 Å². The number of aromatic amines is 1. The van der Waals surface area contributed by atoms with E-state index in [4.69, 9.17) is 10.3 Å². The molecule has 0 spiro atoms. The van der Waals surface area contributed by atoms with Gasteiger partial charge in [-0.05, 0) is 53.9 Å². The second-order valence-electron chi connectivity index (χ2n) is 7.26. The number of hydrogen-bond donors (Lipinski definition) is 3. The molecule has 2 aromatic carbocycles. The minimum Gasteiger partial charge on any atom is -0.361 e. The first-order valence-electron chi connectivity index (χ1n) is 9.57. The SMILES string of the molecule is CS(=O)(=O)Nc1ccc(Cc2noc(Cc3ccc4[nH]cc(CCN)c4c3)n2)cc1. The first-order chi connectivity index (χ1) is 14.4. The van der Waals surface area contributed by atoms with Crippen molar-refractivity contribution in [1.29, 1.82) is 0 Å². The van der Waals surface area contributed by atoms with Gasteiger partial charge in [0.1, 0.15) is 0 Å². The number of benzene rings is 2. The van der Waals surface area contributed by atoms with E-state index in [0.29, 0.717) is 36.8 Å². The van der Waals surface area contributed by atoms with Crippen LogP contribution in [0.5, 0.6) is 0 Å². The van der Waals surface area contributed by atoms with Gasteiger partial charge in [0.2, 0.25) is 15.9 Å². The van der Waals surface area contributed by atoms with Crippen LogP contribution in [-0.4, -0.2) is 36.3 Å². The van der Waals surface area contributed by atoms with Gasteiger partial charge in [-0.25, -0.2) is 8.42 Å². The fourth-order valence-corrected chi connectivity index (χ4v) is 3.96. The van der Waals surface area contributed by atoms with Crippen molar-refractivity contribution in [1.82, 2.24) is 15.1 Å². The maximum Gasteiger partial charge on any atom is 0.231 e. The zero-order valence-corrected chi connectivity index (χ0v) is 17.4. The van der Waals surface area contributed by atoms with Crippen molar-refractivity contribution < 1.29 is 12.9 Å². The highest BCUT2D eigenvalue weighted by Crippen LogP contribution is 2.22. The third-order valence-corrected chi connectivity index (χ3v) is 5.34. The fraction of sp³-hybridized carbons (Fsp3) is 0.238. The molecule has 4 aromatic rings. The fourth-order valence-electron chi connectivity index (χ4n) is 3.39. The lowest BCUT2D eigenvalue weighted by atomic mass is 10.1. The molecule has 0 aliphatic rings. The van der Waals surface area contributed by atoms with E-state index >= 15 is 0 Å². The van der Waals surface area contributed by atoms with Gasteiger partial charge in [0, 0.05) is 29.2 Å². The Morgan fingerprint density at radius 1 is 1.10 bits per heavy atom. The highest BCUT2D eigenvalue weighted by atomic mass is 32.2. The highest BCUT2D eigenvalue weighted by Gasteiger charge is 2.11. The van der Waals surface area contributed by atoms with Crippen molar-refractivity contribution >= 4 is 26.6 Å². The first kappa shape index (κ1) is 20.1. The molecule has 0 unspecified atom stereocenters. The molecule has 2 aromatic heterocycles. The second kappa shape index (κ2) is 8.29. The number of nitrogens with two attached hydrogens (primary N) is 1. The monoisotopic (exact) mass is 425 g/mol. The smallest absolute Gasteiger partial charge is 0.231 e. The highest BCUT2D eigenvalue weighted by molar-refractivity contribution is 7.92.